The first-order valence-corrected chi connectivity index (χ1v) is 3.72. The third kappa shape index (κ3) is 0.846. The van der Waals surface area contributed by atoms with Crippen LogP contribution in [0.3, 0.4) is 0 Å². The van der Waals surface area contributed by atoms with Crippen molar-refractivity contribution < 1.29 is 0 Å². The fourth-order valence-corrected chi connectivity index (χ4v) is 1.71. The third-order valence-electron chi connectivity index (χ3n) is 2.58. The molecule has 2 rings (SSSR count). The summed E-state index contributed by atoms with van der Waals surface area (Å²) in [6.45, 7) is 5.10. The molecule has 1 heterocycles. The molecule has 1 aliphatic heterocycles. The van der Waals surface area contributed by atoms with Crippen molar-refractivity contribution in [3.63, 3.8) is 0 Å². The van der Waals surface area contributed by atoms with Gasteiger partial charge in [0.05, 0.1) is 0 Å². The van der Waals surface area contributed by atoms with Crippen LogP contribution in [0.1, 0.15) is 25.7 Å². The molecule has 0 bridgehead atoms. The van der Waals surface area contributed by atoms with Crippen molar-refractivity contribution >= 4 is 0 Å². The molecule has 1 saturated carbocycles. The van der Waals surface area contributed by atoms with E-state index >= 15 is 0 Å². The van der Waals surface area contributed by atoms with Crippen molar-refractivity contribution in [1.82, 2.24) is 5.32 Å². The molecule has 1 N–H and O–H groups in total. The van der Waals surface area contributed by atoms with Crippen molar-refractivity contribution in [3.8, 4) is 0 Å². The predicted molar refractivity (Wildman–Crippen MR) is 38.0 cm³/mol. The Balaban J connectivity index is 2.04. The van der Waals surface area contributed by atoms with Crippen LogP contribution in [-0.4, -0.2) is 6.54 Å². The molecule has 0 aromatic carbocycles. The highest BCUT2D eigenvalue weighted by atomic mass is 14.9. The van der Waals surface area contributed by atoms with Crippen molar-refractivity contribution in [2.75, 3.05) is 6.54 Å². The van der Waals surface area contributed by atoms with E-state index < -0.39 is 0 Å². The summed E-state index contributed by atoms with van der Waals surface area (Å²) in [6, 6.07) is 0. The minimum Gasteiger partial charge on any atom is -0.389 e. The van der Waals surface area contributed by atoms with E-state index in [1.54, 1.807) is 0 Å². The Labute approximate surface area is 56.1 Å². The van der Waals surface area contributed by atoms with E-state index in [4.69, 9.17) is 0 Å². The molecule has 0 aromatic heterocycles. The first-order chi connectivity index (χ1) is 4.31. The average Bonchev–Trinajstić information content (AvgIpc) is 2.49. The zero-order valence-electron chi connectivity index (χ0n) is 5.74. The molecule has 1 spiro atoms. The molecule has 1 nitrogen and oxygen atoms in total. The van der Waals surface area contributed by atoms with Gasteiger partial charge in [-0.25, -0.2) is 0 Å². The van der Waals surface area contributed by atoms with Gasteiger partial charge in [-0.3, -0.25) is 0 Å². The van der Waals surface area contributed by atoms with Crippen molar-refractivity contribution in [2.24, 2.45) is 5.41 Å². The number of allylic oxidation sites excluding steroid dienone is 1. The summed E-state index contributed by atoms with van der Waals surface area (Å²) in [7, 11) is 0. The Morgan fingerprint density at radius 3 is 2.56 bits per heavy atom. The number of nitrogens with one attached hydrogen (secondary N) is 1. The van der Waals surface area contributed by atoms with Crippen molar-refractivity contribution in [2.45, 2.75) is 25.7 Å². The molecular formula is C8H13N. The summed E-state index contributed by atoms with van der Waals surface area (Å²) in [5.41, 5.74) is 2.00. The zero-order valence-corrected chi connectivity index (χ0v) is 5.74. The molecule has 1 heteroatoms. The maximum atomic E-state index is 3.94. The Hall–Kier alpha value is -0.460. The Kier molecular flexibility index (Phi) is 0.904. The van der Waals surface area contributed by atoms with Crippen LogP contribution in [0.2, 0.25) is 0 Å². The Bertz CT molecular complexity index is 145. The van der Waals surface area contributed by atoms with E-state index in [2.05, 4.69) is 11.9 Å². The highest BCUT2D eigenvalue weighted by Gasteiger charge is 2.43. The molecule has 2 fully saturated rings. The summed E-state index contributed by atoms with van der Waals surface area (Å²) in [6.07, 6.45) is 5.53. The highest BCUT2D eigenvalue weighted by molar-refractivity contribution is 5.08. The lowest BCUT2D eigenvalue weighted by molar-refractivity contribution is 0.397. The SMILES string of the molecule is C=C1CC2(CCN1)CC2. The van der Waals surface area contributed by atoms with Crippen LogP contribution in [0, 0.1) is 5.41 Å². The van der Waals surface area contributed by atoms with Crippen molar-refractivity contribution in [3.05, 3.63) is 12.3 Å². The van der Waals surface area contributed by atoms with Gasteiger partial charge in [-0.1, -0.05) is 6.58 Å². The second-order valence-electron chi connectivity index (χ2n) is 3.46. The lowest BCUT2D eigenvalue weighted by atomic mass is 9.93. The van der Waals surface area contributed by atoms with E-state index in [0.29, 0.717) is 0 Å². The maximum Gasteiger partial charge on any atom is 0.0149 e. The van der Waals surface area contributed by atoms with Gasteiger partial charge in [0.1, 0.15) is 0 Å². The first kappa shape index (κ1) is 5.33. The van der Waals surface area contributed by atoms with E-state index in [9.17, 15) is 0 Å². The molecule has 0 unspecified atom stereocenters. The Morgan fingerprint density at radius 2 is 2.11 bits per heavy atom. The van der Waals surface area contributed by atoms with Gasteiger partial charge in [0.25, 0.3) is 0 Å². The second-order valence-corrected chi connectivity index (χ2v) is 3.46. The quantitative estimate of drug-likeness (QED) is 0.516. The van der Waals surface area contributed by atoms with Crippen LogP contribution in [0.25, 0.3) is 0 Å². The number of hydrogen-bond donors (Lipinski definition) is 1. The maximum absolute atomic E-state index is 3.94. The summed E-state index contributed by atoms with van der Waals surface area (Å²) < 4.78 is 0. The van der Waals surface area contributed by atoms with Gasteiger partial charge in [-0.2, -0.15) is 0 Å². The number of hydrogen-bond acceptors (Lipinski definition) is 1. The standard InChI is InChI=1S/C8H13N/c1-7-6-8(2-3-8)4-5-9-7/h9H,1-6H2. The molecule has 0 amide bonds. The van der Waals surface area contributed by atoms with Crippen LogP contribution in [0.4, 0.5) is 0 Å². The normalized spacial score (nSPS) is 30.0. The van der Waals surface area contributed by atoms with Gasteiger partial charge in [0.2, 0.25) is 0 Å². The molecule has 0 atom stereocenters. The van der Waals surface area contributed by atoms with Crippen LogP contribution >= 0.6 is 0 Å². The fraction of sp³-hybridized carbons (Fsp3) is 0.750. The minimum absolute atomic E-state index is 0.738. The number of rotatable bonds is 0. The fourth-order valence-electron chi connectivity index (χ4n) is 1.71. The summed E-state index contributed by atoms with van der Waals surface area (Å²) in [5.74, 6) is 0. The molecule has 50 valence electrons. The van der Waals surface area contributed by atoms with E-state index in [1.807, 2.05) is 0 Å². The van der Waals surface area contributed by atoms with E-state index in [-0.39, 0.29) is 0 Å². The van der Waals surface area contributed by atoms with Gasteiger partial charge >= 0.3 is 0 Å². The second kappa shape index (κ2) is 1.53. The van der Waals surface area contributed by atoms with Crippen LogP contribution < -0.4 is 5.32 Å². The summed E-state index contributed by atoms with van der Waals surface area (Å²) >= 11 is 0. The molecule has 0 radical (unpaired) electrons. The van der Waals surface area contributed by atoms with Crippen LogP contribution in [0.15, 0.2) is 12.3 Å². The minimum atomic E-state index is 0.738. The molecule has 9 heavy (non-hydrogen) atoms. The molecule has 1 saturated heterocycles. The summed E-state index contributed by atoms with van der Waals surface area (Å²) in [4.78, 5) is 0. The third-order valence-corrected chi connectivity index (χ3v) is 2.58. The van der Waals surface area contributed by atoms with Gasteiger partial charge in [0, 0.05) is 12.2 Å². The topological polar surface area (TPSA) is 12.0 Å². The van der Waals surface area contributed by atoms with E-state index in [0.717, 1.165) is 5.41 Å². The van der Waals surface area contributed by atoms with Crippen LogP contribution in [0.5, 0.6) is 0 Å². The molecule has 1 aliphatic carbocycles. The monoisotopic (exact) mass is 123 g/mol. The average molecular weight is 123 g/mol. The van der Waals surface area contributed by atoms with Gasteiger partial charge < -0.3 is 5.32 Å². The smallest absolute Gasteiger partial charge is 0.0149 e. The largest absolute Gasteiger partial charge is 0.389 e. The van der Waals surface area contributed by atoms with Crippen molar-refractivity contribution in [1.29, 1.82) is 0 Å². The van der Waals surface area contributed by atoms with Gasteiger partial charge in [0.15, 0.2) is 0 Å². The molecule has 2 aliphatic rings. The predicted octanol–water partition coefficient (Wildman–Crippen LogP) is 1.66. The number of piperidine rings is 1. The zero-order chi connectivity index (χ0) is 6.32. The van der Waals surface area contributed by atoms with Gasteiger partial charge in [-0.05, 0) is 31.1 Å². The van der Waals surface area contributed by atoms with Gasteiger partial charge in [-0.15, -0.1) is 0 Å². The lowest BCUT2D eigenvalue weighted by Crippen LogP contribution is -2.26. The summed E-state index contributed by atoms with van der Waals surface area (Å²) in [5, 5.41) is 3.28. The first-order valence-electron chi connectivity index (χ1n) is 3.72. The highest BCUT2D eigenvalue weighted by Crippen LogP contribution is 2.54. The molecular weight excluding hydrogens is 110 g/mol. The van der Waals surface area contributed by atoms with Crippen LogP contribution in [-0.2, 0) is 0 Å². The molecule has 0 aromatic rings. The van der Waals surface area contributed by atoms with E-state index in [1.165, 1.54) is 37.9 Å². The lowest BCUT2D eigenvalue weighted by Gasteiger charge is -2.24. The Morgan fingerprint density at radius 1 is 1.33 bits per heavy atom.